The molecule has 2 atom stereocenters. The highest BCUT2D eigenvalue weighted by atomic mass is 79.9. The monoisotopic (exact) mass is 356 g/mol. The van der Waals surface area contributed by atoms with Crippen molar-refractivity contribution in [3.05, 3.63) is 28.2 Å². The highest BCUT2D eigenvalue weighted by Gasteiger charge is 2.23. The molecule has 1 aliphatic rings. The topological polar surface area (TPSA) is 87.7 Å². The quantitative estimate of drug-likeness (QED) is 0.773. The predicted molar refractivity (Wildman–Crippen MR) is 81.7 cm³/mol. The standard InChI is InChI=1S/C14H17BrN2O4/c1-8(12-3-2-6-21-12)16-14(20)17-11-5-4-9(13(18)19)7-10(11)15/h4-5,7-8,12H,2-3,6H2,1H3,(H,18,19)(H2,16,17,20). The fraction of sp³-hybridized carbons (Fsp3) is 0.429. The molecule has 114 valence electrons. The van der Waals surface area contributed by atoms with Crippen molar-refractivity contribution < 1.29 is 19.4 Å². The number of carboxylic acid groups (broad SMARTS) is 1. The van der Waals surface area contributed by atoms with Gasteiger partial charge in [0.15, 0.2) is 0 Å². The number of carbonyl (C=O) groups is 2. The Morgan fingerprint density at radius 2 is 2.24 bits per heavy atom. The van der Waals surface area contributed by atoms with Crippen LogP contribution in [-0.4, -0.2) is 35.9 Å². The molecule has 2 unspecified atom stereocenters. The number of anilines is 1. The largest absolute Gasteiger partial charge is 0.478 e. The van der Waals surface area contributed by atoms with E-state index in [9.17, 15) is 9.59 Å². The number of hydrogen-bond donors (Lipinski definition) is 3. The maximum atomic E-state index is 11.9. The molecule has 1 aliphatic heterocycles. The van der Waals surface area contributed by atoms with Gasteiger partial charge in [0.2, 0.25) is 0 Å². The lowest BCUT2D eigenvalue weighted by molar-refractivity contribution is 0.0697. The van der Waals surface area contributed by atoms with Gasteiger partial charge in [0.25, 0.3) is 0 Å². The fourth-order valence-corrected chi connectivity index (χ4v) is 2.68. The molecule has 7 heteroatoms. The second-order valence-electron chi connectivity index (χ2n) is 4.94. The first-order valence-corrected chi connectivity index (χ1v) is 7.48. The summed E-state index contributed by atoms with van der Waals surface area (Å²) in [5.74, 6) is -1.02. The molecule has 0 radical (unpaired) electrons. The fourth-order valence-electron chi connectivity index (χ4n) is 2.20. The summed E-state index contributed by atoms with van der Waals surface area (Å²) in [5.41, 5.74) is 0.664. The predicted octanol–water partition coefficient (Wildman–Crippen LogP) is 2.84. The molecule has 3 N–H and O–H groups in total. The van der Waals surface area contributed by atoms with Crippen LogP contribution in [0.4, 0.5) is 10.5 Å². The summed E-state index contributed by atoms with van der Waals surface area (Å²) >= 11 is 3.25. The average Bonchev–Trinajstić information content (AvgIpc) is 2.94. The highest BCUT2D eigenvalue weighted by molar-refractivity contribution is 9.10. The molecule has 0 saturated carbocycles. The molecule has 2 rings (SSSR count). The lowest BCUT2D eigenvalue weighted by Gasteiger charge is -2.20. The van der Waals surface area contributed by atoms with Crippen LogP contribution in [0.3, 0.4) is 0 Å². The van der Waals surface area contributed by atoms with Crippen molar-refractivity contribution in [1.82, 2.24) is 5.32 Å². The Bertz CT molecular complexity index is 544. The van der Waals surface area contributed by atoms with Crippen LogP contribution in [0.25, 0.3) is 0 Å². The first-order chi connectivity index (χ1) is 9.97. The van der Waals surface area contributed by atoms with Crippen molar-refractivity contribution in [1.29, 1.82) is 0 Å². The van der Waals surface area contributed by atoms with Crippen LogP contribution < -0.4 is 10.6 Å². The molecule has 0 bridgehead atoms. The zero-order valence-corrected chi connectivity index (χ0v) is 13.1. The molecule has 1 aromatic carbocycles. The van der Waals surface area contributed by atoms with E-state index in [1.807, 2.05) is 6.92 Å². The van der Waals surface area contributed by atoms with E-state index in [0.29, 0.717) is 10.2 Å². The summed E-state index contributed by atoms with van der Waals surface area (Å²) in [6, 6.07) is 4.00. The summed E-state index contributed by atoms with van der Waals surface area (Å²) in [4.78, 5) is 22.8. The van der Waals surface area contributed by atoms with Gasteiger partial charge in [0.1, 0.15) is 0 Å². The molecule has 0 spiro atoms. The van der Waals surface area contributed by atoms with Gasteiger partial charge in [-0.2, -0.15) is 0 Å². The Morgan fingerprint density at radius 3 is 2.81 bits per heavy atom. The summed E-state index contributed by atoms with van der Waals surface area (Å²) in [6.45, 7) is 2.64. The molecular weight excluding hydrogens is 340 g/mol. The Labute approximate surface area is 131 Å². The smallest absolute Gasteiger partial charge is 0.335 e. The minimum Gasteiger partial charge on any atom is -0.478 e. The van der Waals surface area contributed by atoms with Gasteiger partial charge in [-0.25, -0.2) is 9.59 Å². The molecule has 1 saturated heterocycles. The van der Waals surface area contributed by atoms with Gasteiger partial charge in [-0.3, -0.25) is 0 Å². The van der Waals surface area contributed by atoms with Gasteiger partial charge in [-0.1, -0.05) is 0 Å². The van der Waals surface area contributed by atoms with Crippen molar-refractivity contribution >= 4 is 33.6 Å². The first kappa shape index (κ1) is 15.8. The van der Waals surface area contributed by atoms with Crippen LogP contribution in [0, 0.1) is 0 Å². The van der Waals surface area contributed by atoms with Crippen LogP contribution in [0.15, 0.2) is 22.7 Å². The normalized spacial score (nSPS) is 19.0. The van der Waals surface area contributed by atoms with Crippen LogP contribution in [-0.2, 0) is 4.74 Å². The third-order valence-electron chi connectivity index (χ3n) is 3.35. The van der Waals surface area contributed by atoms with Gasteiger partial charge < -0.3 is 20.5 Å². The van der Waals surface area contributed by atoms with Gasteiger partial charge >= 0.3 is 12.0 Å². The lowest BCUT2D eigenvalue weighted by Crippen LogP contribution is -2.43. The van der Waals surface area contributed by atoms with E-state index < -0.39 is 5.97 Å². The number of halogens is 1. The van der Waals surface area contributed by atoms with Crippen molar-refractivity contribution in [2.24, 2.45) is 0 Å². The second kappa shape index (κ2) is 6.91. The minimum absolute atomic E-state index is 0.0496. The van der Waals surface area contributed by atoms with E-state index in [1.54, 1.807) is 6.07 Å². The van der Waals surface area contributed by atoms with Gasteiger partial charge in [0.05, 0.1) is 23.4 Å². The number of rotatable bonds is 4. The number of amides is 2. The number of carbonyl (C=O) groups excluding carboxylic acids is 1. The van der Waals surface area contributed by atoms with Crippen LogP contribution in [0.2, 0.25) is 0 Å². The molecule has 21 heavy (non-hydrogen) atoms. The van der Waals surface area contributed by atoms with Crippen molar-refractivity contribution in [2.45, 2.75) is 31.9 Å². The number of carboxylic acids is 1. The Balaban J connectivity index is 1.94. The molecule has 1 fully saturated rings. The SMILES string of the molecule is CC(NC(=O)Nc1ccc(C(=O)O)cc1Br)C1CCCO1. The number of urea groups is 1. The molecule has 1 heterocycles. The molecule has 6 nitrogen and oxygen atoms in total. The Hall–Kier alpha value is -1.60. The van der Waals surface area contributed by atoms with Gasteiger partial charge in [-0.15, -0.1) is 0 Å². The van der Waals surface area contributed by atoms with Crippen LogP contribution in [0.5, 0.6) is 0 Å². The Kier molecular flexibility index (Phi) is 5.19. The second-order valence-corrected chi connectivity index (χ2v) is 5.79. The maximum Gasteiger partial charge on any atom is 0.335 e. The Morgan fingerprint density at radius 1 is 1.48 bits per heavy atom. The average molecular weight is 357 g/mol. The van der Waals surface area contributed by atoms with Crippen molar-refractivity contribution in [3.8, 4) is 0 Å². The molecular formula is C14H17BrN2O4. The number of benzene rings is 1. The first-order valence-electron chi connectivity index (χ1n) is 6.69. The highest BCUT2D eigenvalue weighted by Crippen LogP contribution is 2.24. The number of hydrogen-bond acceptors (Lipinski definition) is 3. The third-order valence-corrected chi connectivity index (χ3v) is 4.00. The third kappa shape index (κ3) is 4.18. The summed E-state index contributed by atoms with van der Waals surface area (Å²) in [6.07, 6.45) is 2.01. The van der Waals surface area contributed by atoms with Crippen LogP contribution in [0.1, 0.15) is 30.1 Å². The summed E-state index contributed by atoms with van der Waals surface area (Å²) in [5, 5.41) is 14.4. The van der Waals surface area contributed by atoms with E-state index in [4.69, 9.17) is 9.84 Å². The molecule has 0 aromatic heterocycles. The van der Waals surface area contributed by atoms with E-state index in [1.165, 1.54) is 12.1 Å². The molecule has 2 amide bonds. The van der Waals surface area contributed by atoms with Crippen molar-refractivity contribution in [3.63, 3.8) is 0 Å². The number of ether oxygens (including phenoxy) is 1. The van der Waals surface area contributed by atoms with E-state index in [2.05, 4.69) is 26.6 Å². The zero-order chi connectivity index (χ0) is 15.4. The van der Waals surface area contributed by atoms with E-state index >= 15 is 0 Å². The van der Waals surface area contributed by atoms with Gasteiger partial charge in [0, 0.05) is 11.1 Å². The lowest BCUT2D eigenvalue weighted by atomic mass is 10.1. The number of nitrogens with one attached hydrogen (secondary N) is 2. The minimum atomic E-state index is -1.02. The summed E-state index contributed by atoms with van der Waals surface area (Å²) in [7, 11) is 0. The zero-order valence-electron chi connectivity index (χ0n) is 11.6. The molecule has 1 aromatic rings. The number of aromatic carboxylic acids is 1. The molecule has 0 aliphatic carbocycles. The van der Waals surface area contributed by atoms with Crippen molar-refractivity contribution in [2.75, 3.05) is 11.9 Å². The maximum absolute atomic E-state index is 11.9. The van der Waals surface area contributed by atoms with Crippen LogP contribution >= 0.6 is 15.9 Å². The van der Waals surface area contributed by atoms with E-state index in [-0.39, 0.29) is 23.7 Å². The van der Waals surface area contributed by atoms with E-state index in [0.717, 1.165) is 19.4 Å². The summed E-state index contributed by atoms with van der Waals surface area (Å²) < 4.78 is 6.03. The van der Waals surface area contributed by atoms with Gasteiger partial charge in [-0.05, 0) is 53.9 Å².